The van der Waals surface area contributed by atoms with Crippen molar-refractivity contribution >= 4 is 17.7 Å². The monoisotopic (exact) mass is 420 g/mol. The van der Waals surface area contributed by atoms with Gasteiger partial charge >= 0.3 is 77.7 Å². The first-order chi connectivity index (χ1) is 4.43. The average Bonchev–Trinajstić information content (AvgIpc) is 1.91. The number of rotatable bonds is 2. The van der Waals surface area contributed by atoms with E-state index in [2.05, 4.69) is 48.0 Å². The van der Waals surface area contributed by atoms with Gasteiger partial charge in [0.2, 0.25) is 0 Å². The Hall–Kier alpha value is 0.885. The number of hydrogen-bond donors (Lipinski definition) is 0. The van der Waals surface area contributed by atoms with E-state index in [1.807, 2.05) is 0 Å². The predicted molar refractivity (Wildman–Crippen MR) is 44.2 cm³/mol. The first kappa shape index (κ1) is 7.99. The molecule has 0 atom stereocenters. The van der Waals surface area contributed by atoms with Gasteiger partial charge in [-0.3, -0.25) is 0 Å². The van der Waals surface area contributed by atoms with Gasteiger partial charge in [-0.25, -0.2) is 0 Å². The summed E-state index contributed by atoms with van der Waals surface area (Å²) >= 11 is 2.18. The molecule has 0 fully saturated rings. The molecule has 0 amide bonds. The van der Waals surface area contributed by atoms with Crippen molar-refractivity contribution in [3.8, 4) is 0 Å². The van der Waals surface area contributed by atoms with Crippen LogP contribution in [0.4, 0.5) is 0 Å². The van der Waals surface area contributed by atoms with Gasteiger partial charge in [0.25, 0.3) is 0 Å². The Morgan fingerprint density at radius 2 is 1.89 bits per heavy atom. The van der Waals surface area contributed by atoms with Crippen LogP contribution < -0.4 is 0 Å². The van der Waals surface area contributed by atoms with Crippen molar-refractivity contribution in [3.63, 3.8) is 0 Å². The summed E-state index contributed by atoms with van der Waals surface area (Å²) in [7, 11) is 0. The Balaban J connectivity index is 2.61. The van der Waals surface area contributed by atoms with Crippen LogP contribution in [0.3, 0.4) is 0 Å². The number of benzene rings is 1. The van der Waals surface area contributed by atoms with Crippen LogP contribution in [0, 0.1) is 0 Å². The molecule has 0 radical (unpaired) electrons. The summed E-state index contributed by atoms with van der Waals surface area (Å²) in [6.45, 7) is 0. The van der Waals surface area contributed by atoms with E-state index < -0.39 is 20.2 Å². The Morgan fingerprint density at radius 3 is 2.44 bits per heavy atom. The molecule has 0 N–H and O–H groups in total. The van der Waals surface area contributed by atoms with Gasteiger partial charge in [-0.15, -0.1) is 0 Å². The fourth-order valence-electron chi connectivity index (χ4n) is 0.754. The molecular weight excluding hydrogens is 412 g/mol. The van der Waals surface area contributed by atoms with Gasteiger partial charge in [-0.1, -0.05) is 0 Å². The molecule has 0 aliphatic heterocycles. The normalized spacial score (nSPS) is 8.56. The Labute approximate surface area is 76.8 Å². The standard InChI is InChI=1S/C7H7.Hg.HI/c1-7-5-3-2-4-6-7;;/h2-6H,1H2;;1H/q;+1;/p-1. The fraction of sp³-hybridized carbons (Fsp3) is 0.143. The molecule has 2 heteroatoms. The molecule has 1 aromatic rings. The Bertz CT molecular complexity index is 162. The quantitative estimate of drug-likeness (QED) is 0.512. The number of halogens is 1. The summed E-state index contributed by atoms with van der Waals surface area (Å²) in [4.78, 5) is 0. The third-order valence-electron chi connectivity index (χ3n) is 1.23. The topological polar surface area (TPSA) is 0 Å². The third-order valence-corrected chi connectivity index (χ3v) is 8.94. The first-order valence-electron chi connectivity index (χ1n) is 3.03. The zero-order valence-corrected chi connectivity index (χ0v) is 12.8. The first-order valence-corrected chi connectivity index (χ1v) is 22.4. The minimum absolute atomic E-state index is 0.429. The van der Waals surface area contributed by atoms with E-state index in [9.17, 15) is 0 Å². The van der Waals surface area contributed by atoms with E-state index >= 15 is 0 Å². The predicted octanol–water partition coefficient (Wildman–Crippen LogP) is 2.62. The molecule has 0 heterocycles. The number of hydrogen-bond acceptors (Lipinski definition) is 0. The Kier molecular flexibility index (Phi) is 4.14. The van der Waals surface area contributed by atoms with Crippen LogP contribution in [0.1, 0.15) is 5.56 Å². The van der Waals surface area contributed by atoms with Gasteiger partial charge in [0.15, 0.2) is 0 Å². The van der Waals surface area contributed by atoms with Gasteiger partial charge in [0, 0.05) is 0 Å². The second-order valence-corrected chi connectivity index (χ2v) is 14.8. The zero-order valence-electron chi connectivity index (χ0n) is 5.18. The molecule has 0 aliphatic rings. The summed E-state index contributed by atoms with van der Waals surface area (Å²) in [6, 6.07) is 10.8. The molecule has 1 rings (SSSR count). The van der Waals surface area contributed by atoms with Crippen molar-refractivity contribution in [1.82, 2.24) is 0 Å². The SMILES string of the molecule is [I][Hg][CH2]c1ccccc1. The van der Waals surface area contributed by atoms with Crippen molar-refractivity contribution in [2.45, 2.75) is 3.93 Å². The second kappa shape index (κ2) is 4.66. The van der Waals surface area contributed by atoms with Gasteiger partial charge in [-0.2, -0.15) is 0 Å². The van der Waals surface area contributed by atoms with Crippen molar-refractivity contribution in [3.05, 3.63) is 35.9 Å². The van der Waals surface area contributed by atoms with Crippen LogP contribution in [-0.2, 0) is 24.2 Å². The van der Waals surface area contributed by atoms with Crippen LogP contribution in [0.15, 0.2) is 30.3 Å². The molecule has 0 saturated heterocycles. The molecule has 0 aromatic heterocycles. The molecule has 0 unspecified atom stereocenters. The fourth-order valence-corrected chi connectivity index (χ4v) is 8.36. The van der Waals surface area contributed by atoms with E-state index in [4.69, 9.17) is 0 Å². The molecule has 0 saturated carbocycles. The molecule has 0 nitrogen and oxygen atoms in total. The van der Waals surface area contributed by atoms with Crippen LogP contribution >= 0.6 is 17.7 Å². The molecule has 0 spiro atoms. The summed E-state index contributed by atoms with van der Waals surface area (Å²) < 4.78 is 1.42. The molecule has 9 heavy (non-hydrogen) atoms. The van der Waals surface area contributed by atoms with E-state index in [1.54, 1.807) is 0 Å². The summed E-state index contributed by atoms with van der Waals surface area (Å²) in [6.07, 6.45) is 0. The molecule has 0 aliphatic carbocycles. The van der Waals surface area contributed by atoms with Crippen molar-refractivity contribution < 1.29 is 20.2 Å². The van der Waals surface area contributed by atoms with Gasteiger partial charge in [-0.05, 0) is 0 Å². The van der Waals surface area contributed by atoms with E-state index in [0.717, 1.165) is 0 Å². The van der Waals surface area contributed by atoms with E-state index in [1.165, 1.54) is 9.49 Å². The third kappa shape index (κ3) is 2.98. The maximum absolute atomic E-state index is 2.61. The van der Waals surface area contributed by atoms with Gasteiger partial charge in [0.1, 0.15) is 0 Å². The molecule has 44 valence electrons. The van der Waals surface area contributed by atoms with Crippen LogP contribution in [0.2, 0.25) is 0 Å². The summed E-state index contributed by atoms with van der Waals surface area (Å²) in [5.41, 5.74) is 1.54. The summed E-state index contributed by atoms with van der Waals surface area (Å²) in [5, 5.41) is 0. The van der Waals surface area contributed by atoms with E-state index in [0.29, 0.717) is 0 Å². The van der Waals surface area contributed by atoms with Crippen LogP contribution in [0.5, 0.6) is 0 Å². The molecular formula is C7H7HgI. The van der Waals surface area contributed by atoms with E-state index in [-0.39, 0.29) is 0 Å². The summed E-state index contributed by atoms with van der Waals surface area (Å²) in [5.74, 6) is 0. The van der Waals surface area contributed by atoms with Crippen molar-refractivity contribution in [1.29, 1.82) is 0 Å². The minimum atomic E-state index is -0.429. The maximum atomic E-state index is 2.61. The molecule has 1 aromatic carbocycles. The van der Waals surface area contributed by atoms with Crippen molar-refractivity contribution in [2.75, 3.05) is 0 Å². The van der Waals surface area contributed by atoms with Crippen LogP contribution in [0.25, 0.3) is 0 Å². The average molecular weight is 419 g/mol. The van der Waals surface area contributed by atoms with Crippen LogP contribution in [-0.4, -0.2) is 0 Å². The van der Waals surface area contributed by atoms with Gasteiger partial charge < -0.3 is 0 Å². The second-order valence-electron chi connectivity index (χ2n) is 1.92. The zero-order chi connectivity index (χ0) is 6.53. The van der Waals surface area contributed by atoms with Crippen molar-refractivity contribution in [2.24, 2.45) is 0 Å². The molecule has 0 bridgehead atoms. The Morgan fingerprint density at radius 1 is 1.22 bits per heavy atom. The van der Waals surface area contributed by atoms with Gasteiger partial charge in [0.05, 0.1) is 0 Å².